The van der Waals surface area contributed by atoms with Gasteiger partial charge in [-0.05, 0) is 29.6 Å². The molecule has 37 heavy (non-hydrogen) atoms. The summed E-state index contributed by atoms with van der Waals surface area (Å²) in [5.41, 5.74) is 2.22. The van der Waals surface area contributed by atoms with Crippen LogP contribution in [0.15, 0.2) is 63.2 Å². The molecule has 0 saturated carbocycles. The molecular formula is C26H21ClN2O5S3. The van der Waals surface area contributed by atoms with Crippen molar-refractivity contribution in [3.8, 4) is 0 Å². The lowest BCUT2D eigenvalue weighted by Crippen LogP contribution is -2.69. The average Bonchev–Trinajstić information content (AvgIpc) is 3.52. The van der Waals surface area contributed by atoms with Crippen molar-refractivity contribution in [3.63, 3.8) is 0 Å². The number of carbonyl (C=O) groups excluding carboxylic acids is 2. The fraction of sp³-hybridized carbons (Fsp3) is 0.269. The van der Waals surface area contributed by atoms with E-state index in [1.54, 1.807) is 4.90 Å². The number of benzene rings is 2. The Morgan fingerprint density at radius 3 is 2.81 bits per heavy atom. The molecule has 2 aromatic carbocycles. The van der Waals surface area contributed by atoms with Crippen molar-refractivity contribution < 1.29 is 23.9 Å². The SMILES string of the molecule is O=C(Cc1cccs1)NC1S[C@@H]2CC(=O)N2CC1(Sc1ccc2c(c1)oc1c(CCl)cccc12)C(=O)O. The number of thiophene rings is 1. The summed E-state index contributed by atoms with van der Waals surface area (Å²) < 4.78 is 4.65. The van der Waals surface area contributed by atoms with Gasteiger partial charge in [-0.1, -0.05) is 24.3 Å². The first-order valence-corrected chi connectivity index (χ1v) is 14.7. The maximum absolute atomic E-state index is 12.9. The third-order valence-corrected chi connectivity index (χ3v) is 10.9. The number of carbonyl (C=O) groups is 3. The Morgan fingerprint density at radius 1 is 1.22 bits per heavy atom. The highest BCUT2D eigenvalue weighted by molar-refractivity contribution is 8.05. The monoisotopic (exact) mass is 572 g/mol. The molecule has 2 fully saturated rings. The lowest BCUT2D eigenvalue weighted by Gasteiger charge is -2.53. The van der Waals surface area contributed by atoms with Gasteiger partial charge in [0.25, 0.3) is 0 Å². The van der Waals surface area contributed by atoms with Crippen LogP contribution in [0.3, 0.4) is 0 Å². The number of halogens is 1. The van der Waals surface area contributed by atoms with Gasteiger partial charge in [-0.15, -0.1) is 46.5 Å². The third kappa shape index (κ3) is 4.29. The van der Waals surface area contributed by atoms with Crippen molar-refractivity contribution in [2.24, 2.45) is 0 Å². The highest BCUT2D eigenvalue weighted by Crippen LogP contribution is 2.50. The lowest BCUT2D eigenvalue weighted by atomic mass is 10.0. The number of alkyl halides is 1. The number of carboxylic acid groups (broad SMARTS) is 1. The minimum Gasteiger partial charge on any atom is -0.480 e. The Morgan fingerprint density at radius 2 is 2.08 bits per heavy atom. The van der Waals surface area contributed by atoms with Crippen molar-refractivity contribution in [2.45, 2.75) is 39.1 Å². The fourth-order valence-corrected chi connectivity index (χ4v) is 8.68. The molecule has 4 aromatic rings. The molecular weight excluding hydrogens is 552 g/mol. The van der Waals surface area contributed by atoms with Crippen LogP contribution in [0.25, 0.3) is 21.9 Å². The smallest absolute Gasteiger partial charge is 0.325 e. The van der Waals surface area contributed by atoms with Crippen molar-refractivity contribution >= 4 is 86.2 Å². The molecule has 0 bridgehead atoms. The maximum Gasteiger partial charge on any atom is 0.325 e. The lowest BCUT2D eigenvalue weighted by molar-refractivity contribution is -0.147. The Kier molecular flexibility index (Phi) is 6.38. The first-order valence-electron chi connectivity index (χ1n) is 11.6. The zero-order valence-electron chi connectivity index (χ0n) is 19.3. The number of amides is 2. The van der Waals surface area contributed by atoms with E-state index in [9.17, 15) is 19.5 Å². The Bertz CT molecular complexity index is 1540. The van der Waals surface area contributed by atoms with E-state index >= 15 is 0 Å². The van der Waals surface area contributed by atoms with Gasteiger partial charge in [0.1, 0.15) is 16.5 Å². The quantitative estimate of drug-likeness (QED) is 0.229. The van der Waals surface area contributed by atoms with E-state index in [0.717, 1.165) is 33.0 Å². The van der Waals surface area contributed by atoms with E-state index in [0.29, 0.717) is 28.4 Å². The van der Waals surface area contributed by atoms with Crippen LogP contribution in [0.2, 0.25) is 0 Å². The minimum atomic E-state index is -1.48. The summed E-state index contributed by atoms with van der Waals surface area (Å²) in [6.45, 7) is 0.00200. The first-order chi connectivity index (χ1) is 17.9. The van der Waals surface area contributed by atoms with E-state index in [1.165, 1.54) is 23.1 Å². The summed E-state index contributed by atoms with van der Waals surface area (Å²) in [5, 5.41) is 16.4. The molecule has 2 aliphatic rings. The van der Waals surface area contributed by atoms with E-state index in [1.807, 2.05) is 53.9 Å². The van der Waals surface area contributed by atoms with E-state index in [2.05, 4.69) is 5.32 Å². The molecule has 6 rings (SSSR count). The molecule has 2 N–H and O–H groups in total. The van der Waals surface area contributed by atoms with Gasteiger partial charge < -0.3 is 19.7 Å². The summed E-state index contributed by atoms with van der Waals surface area (Å²) in [4.78, 5) is 41.3. The number of nitrogens with one attached hydrogen (secondary N) is 1. The zero-order chi connectivity index (χ0) is 25.7. The second kappa shape index (κ2) is 9.58. The van der Waals surface area contributed by atoms with Crippen LogP contribution in [0.1, 0.15) is 16.9 Å². The molecule has 4 heterocycles. The average molecular weight is 573 g/mol. The summed E-state index contributed by atoms with van der Waals surface area (Å²) in [7, 11) is 0. The molecule has 190 valence electrons. The molecule has 0 radical (unpaired) electrons. The molecule has 2 unspecified atom stereocenters. The number of thioether (sulfide) groups is 2. The second-order valence-electron chi connectivity index (χ2n) is 9.00. The highest BCUT2D eigenvalue weighted by Gasteiger charge is 2.58. The number of β-lactam (4-membered cyclic amide) rings is 1. The minimum absolute atomic E-state index is 0.00200. The number of hydrogen-bond acceptors (Lipinski definition) is 7. The van der Waals surface area contributed by atoms with E-state index < -0.39 is 16.1 Å². The number of fused-ring (bicyclic) bond motifs is 4. The largest absolute Gasteiger partial charge is 0.480 e. The Hall–Kier alpha value is -2.66. The summed E-state index contributed by atoms with van der Waals surface area (Å²) in [6.07, 6.45) is 0.520. The molecule has 0 aliphatic carbocycles. The van der Waals surface area contributed by atoms with Crippen LogP contribution >= 0.6 is 46.5 Å². The summed E-state index contributed by atoms with van der Waals surface area (Å²) in [6, 6.07) is 15.2. The highest BCUT2D eigenvalue weighted by atomic mass is 35.5. The van der Waals surface area contributed by atoms with Gasteiger partial charge in [0.05, 0.1) is 30.6 Å². The summed E-state index contributed by atoms with van der Waals surface area (Å²) in [5.74, 6) is -1.09. The number of hydrogen-bond donors (Lipinski definition) is 2. The maximum atomic E-state index is 12.9. The van der Waals surface area contributed by atoms with Crippen LogP contribution in [0, 0.1) is 0 Å². The third-order valence-electron chi connectivity index (χ3n) is 6.70. The second-order valence-corrected chi connectivity index (χ2v) is 13.0. The number of carboxylic acids is 1. The van der Waals surface area contributed by atoms with E-state index in [4.69, 9.17) is 16.0 Å². The fourth-order valence-electron chi connectivity index (χ4n) is 4.78. The number of furan rings is 1. The Labute approximate surface area is 229 Å². The molecule has 2 aromatic heterocycles. The van der Waals surface area contributed by atoms with Gasteiger partial charge in [-0.25, -0.2) is 0 Å². The normalized spacial score (nSPS) is 23.2. The van der Waals surface area contributed by atoms with E-state index in [-0.39, 0.29) is 30.2 Å². The topological polar surface area (TPSA) is 99.9 Å². The van der Waals surface area contributed by atoms with Gasteiger partial charge in [-0.3, -0.25) is 14.4 Å². The van der Waals surface area contributed by atoms with Crippen molar-refractivity contribution in [1.82, 2.24) is 10.2 Å². The number of aliphatic carboxylic acids is 1. The van der Waals surface area contributed by atoms with Crippen LogP contribution < -0.4 is 5.32 Å². The Balaban J connectivity index is 1.35. The molecule has 2 saturated heterocycles. The van der Waals surface area contributed by atoms with Gasteiger partial charge >= 0.3 is 5.97 Å². The van der Waals surface area contributed by atoms with Crippen molar-refractivity contribution in [2.75, 3.05) is 6.54 Å². The molecule has 2 amide bonds. The van der Waals surface area contributed by atoms with Gasteiger partial charge in [0, 0.05) is 26.1 Å². The molecule has 11 heteroatoms. The van der Waals surface area contributed by atoms with Gasteiger partial charge in [0.15, 0.2) is 4.75 Å². The number of nitrogens with zero attached hydrogens (tertiary/aromatic N) is 1. The first kappa shape index (κ1) is 24.7. The van der Waals surface area contributed by atoms with Crippen molar-refractivity contribution in [1.29, 1.82) is 0 Å². The standard InChI is InChI=1S/C26H21ClN2O5S3/c27-12-14-3-1-5-18-17-7-6-16(9-19(17)34-23(14)18)37-26(25(32)33)13-29-21(31)11-22(29)36-24(26)28-20(30)10-15-4-2-8-35-15/h1-9,22,24H,10-13H2,(H,28,30)(H,32,33)/t22-,24?,26?/m1/s1. The van der Waals surface area contributed by atoms with Crippen molar-refractivity contribution in [3.05, 3.63) is 64.4 Å². The van der Waals surface area contributed by atoms with Crippen LogP contribution in [0.5, 0.6) is 0 Å². The molecule has 2 aliphatic heterocycles. The number of rotatable bonds is 7. The molecule has 0 spiro atoms. The predicted molar refractivity (Wildman–Crippen MR) is 147 cm³/mol. The molecule has 3 atom stereocenters. The predicted octanol–water partition coefficient (Wildman–Crippen LogP) is 5.29. The van der Waals surface area contributed by atoms with Gasteiger partial charge in [-0.2, -0.15) is 0 Å². The van der Waals surface area contributed by atoms with Crippen LogP contribution in [-0.4, -0.2) is 49.8 Å². The zero-order valence-corrected chi connectivity index (χ0v) is 22.5. The summed E-state index contributed by atoms with van der Waals surface area (Å²) >= 11 is 10.0. The molecule has 7 nitrogen and oxygen atoms in total. The van der Waals surface area contributed by atoms with Crippen LogP contribution in [-0.2, 0) is 26.7 Å². The van der Waals surface area contributed by atoms with Crippen LogP contribution in [0.4, 0.5) is 0 Å². The number of para-hydroxylation sites is 1. The van der Waals surface area contributed by atoms with Gasteiger partial charge in [0.2, 0.25) is 11.8 Å².